The number of piperidine rings is 1. The molecule has 21 heavy (non-hydrogen) atoms. The van der Waals surface area contributed by atoms with Gasteiger partial charge in [-0.15, -0.1) is 0 Å². The minimum Gasteiger partial charge on any atom is -0.469 e. The summed E-state index contributed by atoms with van der Waals surface area (Å²) in [6.45, 7) is 7.58. The zero-order valence-electron chi connectivity index (χ0n) is 13.6. The molecule has 1 fully saturated rings. The van der Waals surface area contributed by atoms with Crippen LogP contribution >= 0.6 is 0 Å². The maximum atomic E-state index is 12.2. The third kappa shape index (κ3) is 3.85. The van der Waals surface area contributed by atoms with Gasteiger partial charge in [0.25, 0.3) is 0 Å². The molecule has 1 aromatic carbocycles. The van der Waals surface area contributed by atoms with Gasteiger partial charge >= 0.3 is 5.97 Å². The Bertz CT molecular complexity index is 467. The summed E-state index contributed by atoms with van der Waals surface area (Å²) in [4.78, 5) is 12.2. The second kappa shape index (κ2) is 6.61. The third-order valence-electron chi connectivity index (χ3n) is 4.34. The van der Waals surface area contributed by atoms with Gasteiger partial charge < -0.3 is 10.1 Å². The van der Waals surface area contributed by atoms with Gasteiger partial charge in [0.05, 0.1) is 13.0 Å². The number of carbonyl (C=O) groups excluding carboxylic acids is 1. The molecule has 1 aromatic rings. The molecule has 1 saturated heterocycles. The van der Waals surface area contributed by atoms with E-state index in [0.29, 0.717) is 0 Å². The summed E-state index contributed by atoms with van der Waals surface area (Å²) in [6, 6.07) is 8.62. The van der Waals surface area contributed by atoms with E-state index in [-0.39, 0.29) is 23.3 Å². The standard InChI is InChI=1S/C18H27NO2/c1-18(2,3)14-10-8-13(9-11-14)16(17(20)21-4)15-7-5-6-12-19-15/h8-11,15-16,19H,5-7,12H2,1-4H3/t15?,16-/m0/s1. The molecule has 0 spiro atoms. The fourth-order valence-electron chi connectivity index (χ4n) is 3.01. The van der Waals surface area contributed by atoms with Crippen LogP contribution in [-0.2, 0) is 14.9 Å². The molecule has 3 heteroatoms. The first-order valence-corrected chi connectivity index (χ1v) is 7.85. The molecule has 2 atom stereocenters. The Balaban J connectivity index is 2.26. The molecule has 0 aliphatic carbocycles. The molecule has 0 amide bonds. The van der Waals surface area contributed by atoms with Gasteiger partial charge in [0, 0.05) is 6.04 Å². The molecule has 116 valence electrons. The van der Waals surface area contributed by atoms with Crippen molar-refractivity contribution in [1.82, 2.24) is 5.32 Å². The Kier molecular flexibility index (Phi) is 5.04. The molecule has 3 nitrogen and oxygen atoms in total. The van der Waals surface area contributed by atoms with Crippen molar-refractivity contribution in [3.63, 3.8) is 0 Å². The summed E-state index contributed by atoms with van der Waals surface area (Å²) >= 11 is 0. The molecule has 0 aromatic heterocycles. The van der Waals surface area contributed by atoms with Crippen molar-refractivity contribution in [2.45, 2.75) is 57.4 Å². The van der Waals surface area contributed by atoms with Crippen LogP contribution in [0.25, 0.3) is 0 Å². The van der Waals surface area contributed by atoms with Crippen LogP contribution in [0.2, 0.25) is 0 Å². The van der Waals surface area contributed by atoms with Crippen molar-refractivity contribution in [2.75, 3.05) is 13.7 Å². The van der Waals surface area contributed by atoms with Crippen molar-refractivity contribution < 1.29 is 9.53 Å². The van der Waals surface area contributed by atoms with Gasteiger partial charge in [-0.3, -0.25) is 4.79 Å². The number of rotatable bonds is 3. The number of methoxy groups -OCH3 is 1. The quantitative estimate of drug-likeness (QED) is 0.867. The molecular weight excluding hydrogens is 262 g/mol. The first-order valence-electron chi connectivity index (χ1n) is 7.85. The number of nitrogens with one attached hydrogen (secondary N) is 1. The minimum absolute atomic E-state index is 0.127. The lowest BCUT2D eigenvalue weighted by Gasteiger charge is -2.30. The van der Waals surface area contributed by atoms with Crippen LogP contribution in [0.15, 0.2) is 24.3 Å². The highest BCUT2D eigenvalue weighted by molar-refractivity contribution is 5.79. The van der Waals surface area contributed by atoms with E-state index in [1.54, 1.807) is 0 Å². The number of esters is 1. The number of carbonyl (C=O) groups is 1. The number of hydrogen-bond donors (Lipinski definition) is 1. The summed E-state index contributed by atoms with van der Waals surface area (Å²) in [5.41, 5.74) is 2.46. The normalized spacial score (nSPS) is 20.9. The first kappa shape index (κ1) is 16.0. The van der Waals surface area contributed by atoms with Gasteiger partial charge in [-0.25, -0.2) is 0 Å². The van der Waals surface area contributed by atoms with Crippen molar-refractivity contribution in [1.29, 1.82) is 0 Å². The fraction of sp³-hybridized carbons (Fsp3) is 0.611. The highest BCUT2D eigenvalue weighted by atomic mass is 16.5. The van der Waals surface area contributed by atoms with E-state index in [1.165, 1.54) is 25.5 Å². The van der Waals surface area contributed by atoms with E-state index in [2.05, 4.69) is 50.4 Å². The summed E-state index contributed by atoms with van der Waals surface area (Å²) < 4.78 is 5.04. The van der Waals surface area contributed by atoms with E-state index >= 15 is 0 Å². The highest BCUT2D eigenvalue weighted by Gasteiger charge is 2.31. The average molecular weight is 289 g/mol. The lowest BCUT2D eigenvalue weighted by molar-refractivity contribution is -0.143. The van der Waals surface area contributed by atoms with Crippen LogP contribution < -0.4 is 5.32 Å². The van der Waals surface area contributed by atoms with Crippen LogP contribution in [0, 0.1) is 0 Å². The molecule has 0 bridgehead atoms. The van der Waals surface area contributed by atoms with E-state index in [4.69, 9.17) is 4.74 Å². The Morgan fingerprint density at radius 1 is 1.24 bits per heavy atom. The van der Waals surface area contributed by atoms with Crippen LogP contribution in [0.3, 0.4) is 0 Å². The second-order valence-electron chi connectivity index (χ2n) is 6.93. The van der Waals surface area contributed by atoms with Crippen molar-refractivity contribution >= 4 is 5.97 Å². The number of ether oxygens (including phenoxy) is 1. The van der Waals surface area contributed by atoms with E-state index in [1.807, 2.05) is 0 Å². The van der Waals surface area contributed by atoms with Gasteiger partial charge in [0.1, 0.15) is 0 Å². The summed E-state index contributed by atoms with van der Waals surface area (Å²) in [7, 11) is 1.47. The summed E-state index contributed by atoms with van der Waals surface area (Å²) in [5.74, 6) is -0.345. The van der Waals surface area contributed by atoms with Crippen LogP contribution in [0.5, 0.6) is 0 Å². The zero-order valence-corrected chi connectivity index (χ0v) is 13.6. The Morgan fingerprint density at radius 2 is 1.90 bits per heavy atom. The van der Waals surface area contributed by atoms with Gasteiger partial charge in [-0.05, 0) is 35.9 Å². The number of benzene rings is 1. The predicted octanol–water partition coefficient (Wildman–Crippen LogP) is 3.38. The van der Waals surface area contributed by atoms with E-state index in [9.17, 15) is 4.79 Å². The lowest BCUT2D eigenvalue weighted by Crippen LogP contribution is -2.42. The summed E-state index contributed by atoms with van der Waals surface area (Å²) in [6.07, 6.45) is 3.39. The molecule has 1 heterocycles. The molecular formula is C18H27NO2. The largest absolute Gasteiger partial charge is 0.469 e. The zero-order chi connectivity index (χ0) is 15.5. The molecule has 1 N–H and O–H groups in total. The van der Waals surface area contributed by atoms with Crippen LogP contribution in [0.1, 0.15) is 57.1 Å². The second-order valence-corrected chi connectivity index (χ2v) is 6.93. The van der Waals surface area contributed by atoms with Crippen LogP contribution in [0.4, 0.5) is 0 Å². The highest BCUT2D eigenvalue weighted by Crippen LogP contribution is 2.29. The SMILES string of the molecule is COC(=O)[C@@H](c1ccc(C(C)(C)C)cc1)C1CCCCN1. The summed E-state index contributed by atoms with van der Waals surface area (Å²) in [5, 5.41) is 3.48. The molecule has 0 radical (unpaired) electrons. The van der Waals surface area contributed by atoms with Gasteiger partial charge in [-0.2, -0.15) is 0 Å². The smallest absolute Gasteiger partial charge is 0.314 e. The maximum Gasteiger partial charge on any atom is 0.314 e. The fourth-order valence-corrected chi connectivity index (χ4v) is 3.01. The van der Waals surface area contributed by atoms with Gasteiger partial charge in [-0.1, -0.05) is 51.5 Å². The lowest BCUT2D eigenvalue weighted by atomic mass is 9.83. The molecule has 1 aliphatic rings. The maximum absolute atomic E-state index is 12.2. The molecule has 1 aliphatic heterocycles. The topological polar surface area (TPSA) is 38.3 Å². The Morgan fingerprint density at radius 3 is 2.38 bits per heavy atom. The Labute approximate surface area is 128 Å². The predicted molar refractivity (Wildman–Crippen MR) is 85.5 cm³/mol. The third-order valence-corrected chi connectivity index (χ3v) is 4.34. The first-order chi connectivity index (χ1) is 9.93. The molecule has 2 rings (SSSR count). The monoisotopic (exact) mass is 289 g/mol. The number of hydrogen-bond acceptors (Lipinski definition) is 3. The molecule has 1 unspecified atom stereocenters. The average Bonchev–Trinajstić information content (AvgIpc) is 2.48. The van der Waals surface area contributed by atoms with Crippen LogP contribution in [-0.4, -0.2) is 25.7 Å². The van der Waals surface area contributed by atoms with Gasteiger partial charge in [0.15, 0.2) is 0 Å². The Hall–Kier alpha value is -1.35. The van der Waals surface area contributed by atoms with Crippen molar-refractivity contribution in [3.05, 3.63) is 35.4 Å². The van der Waals surface area contributed by atoms with Gasteiger partial charge in [0.2, 0.25) is 0 Å². The van der Waals surface area contributed by atoms with E-state index in [0.717, 1.165) is 18.5 Å². The molecule has 0 saturated carbocycles. The van der Waals surface area contributed by atoms with Crippen molar-refractivity contribution in [2.24, 2.45) is 0 Å². The minimum atomic E-state index is -0.204. The van der Waals surface area contributed by atoms with Crippen molar-refractivity contribution in [3.8, 4) is 0 Å². The van der Waals surface area contributed by atoms with E-state index < -0.39 is 0 Å².